The van der Waals surface area contributed by atoms with Crippen molar-refractivity contribution in [3.8, 4) is 11.5 Å². The number of nitrogens with zero attached hydrogens (tertiary/aromatic N) is 1. The van der Waals surface area contributed by atoms with E-state index in [4.69, 9.17) is 15.2 Å². The average Bonchev–Trinajstić information content (AvgIpc) is 2.55. The van der Waals surface area contributed by atoms with Gasteiger partial charge in [-0.2, -0.15) is 0 Å². The van der Waals surface area contributed by atoms with Gasteiger partial charge in [-0.05, 0) is 12.8 Å². The fraction of sp³-hybridized carbons (Fsp3) is 0.625. The van der Waals surface area contributed by atoms with Gasteiger partial charge in [0.25, 0.3) is 0 Å². The zero-order valence-corrected chi connectivity index (χ0v) is 15.3. The Morgan fingerprint density at radius 3 is 2.00 bits per heavy atom. The first-order valence-electron chi connectivity index (χ1n) is 7.95. The van der Waals surface area contributed by atoms with Gasteiger partial charge in [-0.25, -0.2) is 8.10 Å². The van der Waals surface area contributed by atoms with Gasteiger partial charge in [-0.3, -0.25) is 0 Å². The summed E-state index contributed by atoms with van der Waals surface area (Å²) in [5.74, 6) is 0.932. The standard InChI is InChI=1S/C16H28N2O4S/c1-5-7-9-18(23(19)20,10-8-6-2)14-12-15(21-3)13(17)11-16(14)22-4/h11-12H,5-10,17H2,1-4H3. The second kappa shape index (κ2) is 9.10. The molecule has 2 N–H and O–H groups in total. The predicted octanol–water partition coefficient (Wildman–Crippen LogP) is 2.99. The second-order valence-electron chi connectivity index (χ2n) is 5.53. The quantitative estimate of drug-likeness (QED) is 0.401. The number of rotatable bonds is 10. The molecule has 0 aliphatic rings. The van der Waals surface area contributed by atoms with Crippen LogP contribution in [-0.4, -0.2) is 36.1 Å². The molecule has 1 rings (SSSR count). The lowest BCUT2D eigenvalue weighted by Gasteiger charge is -2.39. The topological polar surface area (TPSA) is 84.6 Å². The van der Waals surface area contributed by atoms with Gasteiger partial charge in [0.05, 0.1) is 33.0 Å². The van der Waals surface area contributed by atoms with Gasteiger partial charge in [0, 0.05) is 12.1 Å². The number of hydrogen-bond donors (Lipinski definition) is 1. The van der Waals surface area contributed by atoms with Crippen LogP contribution in [0, 0.1) is 0 Å². The van der Waals surface area contributed by atoms with E-state index in [9.17, 15) is 8.76 Å². The maximum absolute atomic E-state index is 12.2. The van der Waals surface area contributed by atoms with Crippen molar-refractivity contribution in [1.82, 2.24) is 3.89 Å². The van der Waals surface area contributed by atoms with E-state index in [2.05, 4.69) is 0 Å². The molecule has 132 valence electrons. The monoisotopic (exact) mass is 344 g/mol. The van der Waals surface area contributed by atoms with E-state index < -0.39 is 11.3 Å². The summed E-state index contributed by atoms with van der Waals surface area (Å²) >= 11 is -2.33. The summed E-state index contributed by atoms with van der Waals surface area (Å²) < 4.78 is 35.0. The lowest BCUT2D eigenvalue weighted by Crippen LogP contribution is -2.52. The van der Waals surface area contributed by atoms with Gasteiger partial charge in [0.15, 0.2) is 22.7 Å². The van der Waals surface area contributed by atoms with Gasteiger partial charge in [-0.15, -0.1) is 0 Å². The average molecular weight is 344 g/mol. The van der Waals surface area contributed by atoms with Gasteiger partial charge in [0.1, 0.15) is 5.75 Å². The van der Waals surface area contributed by atoms with E-state index in [-0.39, 0.29) is 3.89 Å². The van der Waals surface area contributed by atoms with Crippen molar-refractivity contribution in [2.45, 2.75) is 39.5 Å². The number of benzene rings is 1. The summed E-state index contributed by atoms with van der Waals surface area (Å²) in [6.07, 6.45) is 3.43. The van der Waals surface area contributed by atoms with Crippen molar-refractivity contribution in [3.05, 3.63) is 12.1 Å². The van der Waals surface area contributed by atoms with Crippen LogP contribution in [0.5, 0.6) is 11.5 Å². The first-order chi connectivity index (χ1) is 11.0. The molecule has 0 aromatic heterocycles. The minimum Gasteiger partial charge on any atom is -0.724 e. The molecule has 1 unspecified atom stereocenters. The SMILES string of the molecule is CCCC[N+](CCCC)(c1cc(OC)c(N)cc1OC)S(=O)[O-]. The number of unbranched alkanes of at least 4 members (excludes halogenated alkanes) is 2. The van der Waals surface area contributed by atoms with Crippen LogP contribution in [0.25, 0.3) is 0 Å². The van der Waals surface area contributed by atoms with Crippen LogP contribution >= 0.6 is 0 Å². The lowest BCUT2D eigenvalue weighted by atomic mass is 10.2. The summed E-state index contributed by atoms with van der Waals surface area (Å²) in [7, 11) is 3.04. The molecule has 0 aliphatic heterocycles. The number of quaternary nitrogens is 1. The molecule has 0 saturated heterocycles. The fourth-order valence-electron chi connectivity index (χ4n) is 2.63. The predicted molar refractivity (Wildman–Crippen MR) is 94.2 cm³/mol. The molecule has 0 amide bonds. The van der Waals surface area contributed by atoms with Crippen molar-refractivity contribution in [2.24, 2.45) is 0 Å². The highest BCUT2D eigenvalue weighted by Crippen LogP contribution is 2.41. The van der Waals surface area contributed by atoms with Crippen LogP contribution < -0.4 is 19.1 Å². The highest BCUT2D eigenvalue weighted by Gasteiger charge is 2.36. The maximum atomic E-state index is 12.2. The number of nitrogen functional groups attached to an aromatic ring is 1. The van der Waals surface area contributed by atoms with Crippen LogP contribution in [0.1, 0.15) is 39.5 Å². The number of methoxy groups -OCH3 is 2. The van der Waals surface area contributed by atoms with Crippen molar-refractivity contribution < 1.29 is 18.2 Å². The molecule has 0 aliphatic carbocycles. The molecule has 0 radical (unpaired) electrons. The van der Waals surface area contributed by atoms with E-state index in [1.165, 1.54) is 14.2 Å². The lowest BCUT2D eigenvalue weighted by molar-refractivity contribution is 0.346. The molecule has 0 fully saturated rings. The Bertz CT molecular complexity index is 529. The molecule has 0 bridgehead atoms. The molecular weight excluding hydrogens is 316 g/mol. The van der Waals surface area contributed by atoms with Crippen LogP contribution in [0.2, 0.25) is 0 Å². The third kappa shape index (κ3) is 4.37. The molecule has 0 heterocycles. The summed E-state index contributed by atoms with van der Waals surface area (Å²) in [6, 6.07) is 3.32. The molecule has 1 aromatic carbocycles. The Morgan fingerprint density at radius 1 is 1.09 bits per heavy atom. The Balaban J connectivity index is 3.52. The van der Waals surface area contributed by atoms with Gasteiger partial charge >= 0.3 is 0 Å². The molecule has 0 saturated carbocycles. The number of hydrogen-bond acceptors (Lipinski definition) is 5. The van der Waals surface area contributed by atoms with Crippen LogP contribution in [0.3, 0.4) is 0 Å². The molecular formula is C16H28N2O4S. The van der Waals surface area contributed by atoms with Gasteiger partial charge in [-0.1, -0.05) is 26.7 Å². The first-order valence-corrected chi connectivity index (χ1v) is 8.99. The molecule has 6 nitrogen and oxygen atoms in total. The van der Waals surface area contributed by atoms with E-state index >= 15 is 0 Å². The van der Waals surface area contributed by atoms with Crippen molar-refractivity contribution >= 4 is 22.6 Å². The Kier molecular flexibility index (Phi) is 7.81. The highest BCUT2D eigenvalue weighted by molar-refractivity contribution is 7.78. The molecule has 0 spiro atoms. The highest BCUT2D eigenvalue weighted by atomic mass is 32.2. The van der Waals surface area contributed by atoms with Crippen molar-refractivity contribution in [2.75, 3.05) is 33.0 Å². The van der Waals surface area contributed by atoms with E-state index in [0.29, 0.717) is 36.0 Å². The normalized spacial score (nSPS) is 12.9. The van der Waals surface area contributed by atoms with Crippen LogP contribution in [-0.2, 0) is 11.3 Å². The minimum atomic E-state index is -2.33. The summed E-state index contributed by atoms with van der Waals surface area (Å²) in [5, 5.41) is 0. The van der Waals surface area contributed by atoms with Gasteiger partial charge in [0.2, 0.25) is 0 Å². The molecule has 7 heteroatoms. The number of nitrogens with two attached hydrogens (primary N) is 1. The molecule has 1 atom stereocenters. The largest absolute Gasteiger partial charge is 0.724 e. The maximum Gasteiger partial charge on any atom is 0.191 e. The van der Waals surface area contributed by atoms with E-state index in [1.54, 1.807) is 12.1 Å². The zero-order valence-electron chi connectivity index (χ0n) is 14.5. The molecule has 23 heavy (non-hydrogen) atoms. The smallest absolute Gasteiger partial charge is 0.191 e. The van der Waals surface area contributed by atoms with E-state index in [1.807, 2.05) is 13.8 Å². The number of anilines is 1. The Hall–Kier alpha value is -1.31. The third-order valence-corrected chi connectivity index (χ3v) is 5.13. The summed E-state index contributed by atoms with van der Waals surface area (Å²) in [4.78, 5) is 0. The second-order valence-corrected chi connectivity index (χ2v) is 6.66. The first kappa shape index (κ1) is 19.7. The Morgan fingerprint density at radius 2 is 1.61 bits per heavy atom. The van der Waals surface area contributed by atoms with Crippen LogP contribution in [0.15, 0.2) is 12.1 Å². The van der Waals surface area contributed by atoms with Gasteiger partial charge < -0.3 is 19.8 Å². The fourth-order valence-corrected chi connectivity index (χ4v) is 3.49. The molecule has 1 aromatic rings. The number of ether oxygens (including phenoxy) is 2. The Labute approximate surface area is 141 Å². The van der Waals surface area contributed by atoms with Crippen LogP contribution in [0.4, 0.5) is 11.4 Å². The van der Waals surface area contributed by atoms with E-state index in [0.717, 1.165) is 25.7 Å². The third-order valence-electron chi connectivity index (χ3n) is 4.00. The van der Waals surface area contributed by atoms with Crippen molar-refractivity contribution in [1.29, 1.82) is 0 Å². The zero-order chi connectivity index (χ0) is 17.5. The summed E-state index contributed by atoms with van der Waals surface area (Å²) in [5.41, 5.74) is 6.93. The van der Waals surface area contributed by atoms with Crippen molar-refractivity contribution in [3.63, 3.8) is 0 Å². The summed E-state index contributed by atoms with van der Waals surface area (Å²) in [6.45, 7) is 5.08. The minimum absolute atomic E-state index is 0.165.